The Kier molecular flexibility index (Phi) is 9.98. The molecule has 1 unspecified atom stereocenters. The van der Waals surface area contributed by atoms with Crippen molar-refractivity contribution in [2.75, 3.05) is 6.61 Å². The van der Waals surface area contributed by atoms with Crippen LogP contribution in [0.3, 0.4) is 0 Å². The van der Waals surface area contributed by atoms with E-state index >= 15 is 0 Å². The fraction of sp³-hybridized carbons (Fsp3) is 0.342. The van der Waals surface area contributed by atoms with Crippen molar-refractivity contribution in [2.45, 2.75) is 77.7 Å². The molecule has 0 fully saturated rings. The molecular formula is C38H43N3O5S. The number of aliphatic carboxylic acids is 1. The Hall–Kier alpha value is -4.34. The Labute approximate surface area is 280 Å². The molecule has 0 bridgehead atoms. The highest BCUT2D eigenvalue weighted by molar-refractivity contribution is 7.93. The zero-order valence-electron chi connectivity index (χ0n) is 28.2. The number of nitrogens with zero attached hydrogens (tertiary/aromatic N) is 3. The molecule has 2 aromatic carbocycles. The number of hydrogen-bond donors (Lipinski definition) is 1. The van der Waals surface area contributed by atoms with Gasteiger partial charge < -0.3 is 23.7 Å². The molecule has 47 heavy (non-hydrogen) atoms. The van der Waals surface area contributed by atoms with Crippen molar-refractivity contribution >= 4 is 28.0 Å². The lowest BCUT2D eigenvalue weighted by Gasteiger charge is -2.27. The first-order chi connectivity index (χ1) is 22.3. The van der Waals surface area contributed by atoms with Crippen LogP contribution in [0.2, 0.25) is 0 Å². The number of carboxylic acid groups (broad SMARTS) is 1. The lowest BCUT2D eigenvalue weighted by atomic mass is 9.88. The van der Waals surface area contributed by atoms with Gasteiger partial charge in [0.1, 0.15) is 17.1 Å². The van der Waals surface area contributed by atoms with Crippen LogP contribution < -0.4 is 9.47 Å². The molecule has 8 nitrogen and oxygen atoms in total. The average molecular weight is 654 g/mol. The average Bonchev–Trinajstić information content (AvgIpc) is 3.31. The number of pyridine rings is 2. The van der Waals surface area contributed by atoms with E-state index in [2.05, 4.69) is 38.8 Å². The van der Waals surface area contributed by atoms with E-state index < -0.39 is 27.3 Å². The zero-order valence-corrected chi connectivity index (χ0v) is 29.0. The molecule has 0 amide bonds. The van der Waals surface area contributed by atoms with Gasteiger partial charge in [-0.15, -0.1) is 0 Å². The molecule has 0 saturated heterocycles. The first-order valence-corrected chi connectivity index (χ1v) is 16.9. The zero-order chi connectivity index (χ0) is 33.9. The Balaban J connectivity index is 1.58. The summed E-state index contributed by atoms with van der Waals surface area (Å²) in [5.74, 6) is 0.305. The van der Waals surface area contributed by atoms with Gasteiger partial charge in [0, 0.05) is 37.0 Å². The minimum Gasteiger partial charge on any atom is -0.611 e. The van der Waals surface area contributed by atoms with Crippen molar-refractivity contribution in [1.82, 2.24) is 14.5 Å². The minimum absolute atomic E-state index is 0.202. The molecule has 0 spiro atoms. The molecule has 5 aromatic rings. The Morgan fingerprint density at radius 3 is 2.23 bits per heavy atom. The smallest absolute Gasteiger partial charge is 0.309 e. The van der Waals surface area contributed by atoms with Gasteiger partial charge in [-0.25, -0.2) is 4.98 Å². The maximum Gasteiger partial charge on any atom is 0.309 e. The Bertz CT molecular complexity index is 1840. The molecule has 0 saturated carbocycles. The van der Waals surface area contributed by atoms with Gasteiger partial charge >= 0.3 is 5.97 Å². The minimum atomic E-state index is -1.45. The molecule has 0 aliphatic carbocycles. The molecule has 1 atom stereocenters. The second-order valence-corrected chi connectivity index (χ2v) is 15.6. The molecular weight excluding hydrogens is 611 g/mol. The van der Waals surface area contributed by atoms with Gasteiger partial charge in [0.05, 0.1) is 34.3 Å². The second-order valence-electron chi connectivity index (χ2n) is 13.4. The maximum atomic E-state index is 14.3. The van der Waals surface area contributed by atoms with E-state index in [0.717, 1.165) is 44.5 Å². The van der Waals surface area contributed by atoms with Crippen molar-refractivity contribution < 1.29 is 23.9 Å². The van der Waals surface area contributed by atoms with E-state index in [1.54, 1.807) is 20.0 Å². The molecule has 9 heteroatoms. The van der Waals surface area contributed by atoms with Crippen molar-refractivity contribution in [3.8, 4) is 22.8 Å². The van der Waals surface area contributed by atoms with E-state index in [1.165, 1.54) is 0 Å². The van der Waals surface area contributed by atoms with Gasteiger partial charge in [0.2, 0.25) is 5.88 Å². The number of carboxylic acids is 1. The number of carbonyl (C=O) groups is 1. The summed E-state index contributed by atoms with van der Waals surface area (Å²) in [7, 11) is 0. The predicted octanol–water partition coefficient (Wildman–Crippen LogP) is 7.99. The van der Waals surface area contributed by atoms with Crippen LogP contribution in [0.15, 0.2) is 84.0 Å². The van der Waals surface area contributed by atoms with E-state index in [4.69, 9.17) is 9.47 Å². The van der Waals surface area contributed by atoms with E-state index in [-0.39, 0.29) is 6.42 Å². The van der Waals surface area contributed by atoms with Crippen molar-refractivity contribution in [1.29, 1.82) is 0 Å². The number of rotatable bonds is 12. The fourth-order valence-electron chi connectivity index (χ4n) is 5.32. The Morgan fingerprint density at radius 2 is 1.64 bits per heavy atom. The first-order valence-electron chi connectivity index (χ1n) is 15.8. The third-order valence-electron chi connectivity index (χ3n) is 8.04. The summed E-state index contributed by atoms with van der Waals surface area (Å²) >= 11 is -1.45. The monoisotopic (exact) mass is 653 g/mol. The van der Waals surface area contributed by atoms with E-state index in [1.807, 2.05) is 83.3 Å². The molecule has 3 aromatic heterocycles. The van der Waals surface area contributed by atoms with Gasteiger partial charge in [-0.3, -0.25) is 9.78 Å². The fourth-order valence-corrected chi connectivity index (χ4v) is 6.69. The van der Waals surface area contributed by atoms with Gasteiger partial charge in [-0.05, 0) is 107 Å². The van der Waals surface area contributed by atoms with Crippen LogP contribution in [0.4, 0.5) is 0 Å². The van der Waals surface area contributed by atoms with Gasteiger partial charge in [-0.1, -0.05) is 30.3 Å². The lowest BCUT2D eigenvalue weighted by molar-refractivity contribution is -0.146. The van der Waals surface area contributed by atoms with Crippen LogP contribution in [-0.4, -0.2) is 41.5 Å². The third kappa shape index (κ3) is 7.80. The predicted molar refractivity (Wildman–Crippen MR) is 186 cm³/mol. The van der Waals surface area contributed by atoms with Crippen LogP contribution >= 0.6 is 0 Å². The van der Waals surface area contributed by atoms with Crippen LogP contribution in [0, 0.1) is 12.3 Å². The first kappa shape index (κ1) is 34.0. The topological polar surface area (TPSA) is 110 Å². The summed E-state index contributed by atoms with van der Waals surface area (Å²) in [5.41, 5.74) is 5.43. The van der Waals surface area contributed by atoms with Crippen LogP contribution in [0.25, 0.3) is 22.0 Å². The standard InChI is InChI=1S/C38H43N3O5S/c1-8-45-34-18-14-28(22-40-34)27-12-10-26(11-13-27)23-41-32-17-16-30(46-24-29-15-9-25(2)21-39-29)19-31(32)35(47(44)37(3,4)5)33(41)20-38(6,7)36(42)43/h9-19,21-22H,8,20,23-24H2,1-7H3,(H,42,43). The molecule has 246 valence electrons. The largest absolute Gasteiger partial charge is 0.611 e. The number of hydrogen-bond acceptors (Lipinski definition) is 6. The van der Waals surface area contributed by atoms with E-state index in [9.17, 15) is 14.5 Å². The van der Waals surface area contributed by atoms with Crippen LogP contribution in [-0.2, 0) is 35.5 Å². The van der Waals surface area contributed by atoms with Crippen LogP contribution in [0.5, 0.6) is 11.6 Å². The number of fused-ring (bicyclic) bond motifs is 1. The molecule has 1 N–H and O–H groups in total. The summed E-state index contributed by atoms with van der Waals surface area (Å²) in [4.78, 5) is 21.9. The molecule has 0 aliphatic rings. The highest BCUT2D eigenvalue weighted by Gasteiger charge is 2.39. The van der Waals surface area contributed by atoms with Crippen LogP contribution in [0.1, 0.15) is 64.1 Å². The van der Waals surface area contributed by atoms with E-state index in [0.29, 0.717) is 36.3 Å². The lowest BCUT2D eigenvalue weighted by Crippen LogP contribution is -2.32. The maximum absolute atomic E-state index is 14.3. The van der Waals surface area contributed by atoms with Crippen molar-refractivity contribution in [3.63, 3.8) is 0 Å². The third-order valence-corrected chi connectivity index (χ3v) is 9.98. The Morgan fingerprint density at radius 1 is 0.915 bits per heavy atom. The van der Waals surface area contributed by atoms with Crippen molar-refractivity contribution in [3.05, 3.63) is 102 Å². The number of aromatic nitrogens is 3. The van der Waals surface area contributed by atoms with Gasteiger partial charge in [0.15, 0.2) is 4.90 Å². The highest BCUT2D eigenvalue weighted by atomic mass is 32.2. The molecule has 0 aliphatic heterocycles. The number of ether oxygens (including phenoxy) is 2. The molecule has 0 radical (unpaired) electrons. The summed E-state index contributed by atoms with van der Waals surface area (Å²) in [6.07, 6.45) is 3.81. The van der Waals surface area contributed by atoms with Gasteiger partial charge in [-0.2, -0.15) is 0 Å². The highest BCUT2D eigenvalue weighted by Crippen LogP contribution is 2.41. The normalized spacial score (nSPS) is 12.7. The number of aryl methyl sites for hydroxylation is 1. The number of benzene rings is 2. The second kappa shape index (κ2) is 13.8. The summed E-state index contributed by atoms with van der Waals surface area (Å²) in [5, 5.41) is 10.9. The summed E-state index contributed by atoms with van der Waals surface area (Å²) < 4.78 is 27.5. The quantitative estimate of drug-likeness (QED) is 0.136. The molecule has 5 rings (SSSR count). The van der Waals surface area contributed by atoms with Crippen molar-refractivity contribution in [2.24, 2.45) is 5.41 Å². The summed E-state index contributed by atoms with van der Waals surface area (Å²) in [6, 6.07) is 21.8. The summed E-state index contributed by atoms with van der Waals surface area (Å²) in [6.45, 7) is 14.5. The SMILES string of the molecule is CCOc1ccc(-c2ccc(Cn3c(CC(C)(C)C(=O)O)c([S+]([O-])C(C)(C)C)c4cc(OCc5ccc(C)cn5)ccc43)cc2)cn1. The molecule has 3 heterocycles. The van der Waals surface area contributed by atoms with Gasteiger partial charge in [0.25, 0.3) is 0 Å².